The number of aliphatic hydroxyl groups is 2. The second kappa shape index (κ2) is 3.55. The smallest absolute Gasteiger partial charge is 0.218 e. The van der Waals surface area contributed by atoms with Crippen LogP contribution in [0.1, 0.15) is 15.9 Å². The number of hydrogen-bond acceptors (Lipinski definition) is 4. The average molecular weight is 182 g/mol. The van der Waals surface area contributed by atoms with Gasteiger partial charge in [0.1, 0.15) is 5.75 Å². The fraction of sp³-hybridized carbons (Fsp3) is 0.222. The highest BCUT2D eigenvalue weighted by Crippen LogP contribution is 2.17. The van der Waals surface area contributed by atoms with Crippen molar-refractivity contribution in [1.29, 1.82) is 0 Å². The third kappa shape index (κ3) is 2.05. The first-order valence-corrected chi connectivity index (χ1v) is 3.72. The van der Waals surface area contributed by atoms with Crippen molar-refractivity contribution in [2.75, 3.05) is 0 Å². The van der Waals surface area contributed by atoms with Crippen LogP contribution in [0.15, 0.2) is 18.2 Å². The molecule has 3 N–H and O–H groups in total. The molecule has 13 heavy (non-hydrogen) atoms. The third-order valence-corrected chi connectivity index (χ3v) is 1.72. The molecule has 0 radical (unpaired) electrons. The molecular weight excluding hydrogens is 172 g/mol. The van der Waals surface area contributed by atoms with Crippen LogP contribution >= 0.6 is 0 Å². The number of phenols is 1. The second-order valence-corrected chi connectivity index (χ2v) is 2.74. The first kappa shape index (κ1) is 9.70. The molecule has 0 aliphatic carbocycles. The molecule has 0 saturated carbocycles. The van der Waals surface area contributed by atoms with Crippen LogP contribution in [0, 0.1) is 6.92 Å². The zero-order valence-electron chi connectivity index (χ0n) is 7.06. The quantitative estimate of drug-likeness (QED) is 0.451. The predicted molar refractivity (Wildman–Crippen MR) is 45.4 cm³/mol. The Balaban J connectivity index is 3.04. The van der Waals surface area contributed by atoms with E-state index in [4.69, 9.17) is 15.3 Å². The Labute approximate surface area is 75.1 Å². The zero-order valence-corrected chi connectivity index (χ0v) is 7.06. The molecule has 70 valence electrons. The number of benzene rings is 1. The van der Waals surface area contributed by atoms with Gasteiger partial charge in [-0.05, 0) is 30.7 Å². The summed E-state index contributed by atoms with van der Waals surface area (Å²) in [6, 6.07) is 4.08. The maximum atomic E-state index is 11.0. The van der Waals surface area contributed by atoms with Gasteiger partial charge >= 0.3 is 0 Å². The summed E-state index contributed by atoms with van der Waals surface area (Å²) in [5, 5.41) is 26.3. The molecule has 0 saturated heterocycles. The van der Waals surface area contributed by atoms with E-state index in [0.29, 0.717) is 5.56 Å². The van der Waals surface area contributed by atoms with E-state index >= 15 is 0 Å². The number of rotatable bonds is 2. The monoisotopic (exact) mass is 182 g/mol. The maximum Gasteiger partial charge on any atom is 0.218 e. The van der Waals surface area contributed by atoms with Gasteiger partial charge in [-0.2, -0.15) is 0 Å². The van der Waals surface area contributed by atoms with Gasteiger partial charge in [0, 0.05) is 5.56 Å². The summed E-state index contributed by atoms with van der Waals surface area (Å²) < 4.78 is 0. The van der Waals surface area contributed by atoms with Crippen molar-refractivity contribution in [1.82, 2.24) is 0 Å². The van der Waals surface area contributed by atoms with Crippen LogP contribution in [0.2, 0.25) is 0 Å². The third-order valence-electron chi connectivity index (χ3n) is 1.72. The highest BCUT2D eigenvalue weighted by molar-refractivity contribution is 5.98. The molecule has 0 aliphatic heterocycles. The van der Waals surface area contributed by atoms with Gasteiger partial charge in [0.25, 0.3) is 0 Å². The Morgan fingerprint density at radius 1 is 1.38 bits per heavy atom. The Morgan fingerprint density at radius 2 is 2.00 bits per heavy atom. The van der Waals surface area contributed by atoms with Gasteiger partial charge in [-0.3, -0.25) is 4.79 Å². The number of aliphatic hydroxyl groups excluding tert-OH is 1. The SMILES string of the molecule is Cc1cc(C(=O)C(O)O)ccc1O. The molecule has 1 rings (SSSR count). The predicted octanol–water partition coefficient (Wildman–Crippen LogP) is 0.194. The number of hydrogen-bond donors (Lipinski definition) is 3. The first-order chi connectivity index (χ1) is 6.02. The summed E-state index contributed by atoms with van der Waals surface area (Å²) >= 11 is 0. The molecule has 1 aromatic carbocycles. The summed E-state index contributed by atoms with van der Waals surface area (Å²) in [5.74, 6) is -0.702. The minimum atomic E-state index is -2.00. The molecule has 0 fully saturated rings. The van der Waals surface area contributed by atoms with Gasteiger partial charge in [0.05, 0.1) is 0 Å². The summed E-state index contributed by atoms with van der Waals surface area (Å²) in [6.45, 7) is 1.62. The van der Waals surface area contributed by atoms with E-state index in [1.807, 2.05) is 0 Å². The lowest BCUT2D eigenvalue weighted by molar-refractivity contribution is -0.0195. The van der Waals surface area contributed by atoms with Crippen LogP contribution in [0.5, 0.6) is 5.75 Å². The zero-order chi connectivity index (χ0) is 10.0. The molecule has 0 unspecified atom stereocenters. The average Bonchev–Trinajstić information content (AvgIpc) is 2.08. The van der Waals surface area contributed by atoms with Gasteiger partial charge in [-0.25, -0.2) is 0 Å². The number of carbonyl (C=O) groups is 1. The summed E-state index contributed by atoms with van der Waals surface area (Å²) in [6.07, 6.45) is -2.00. The number of aromatic hydroxyl groups is 1. The first-order valence-electron chi connectivity index (χ1n) is 3.72. The molecule has 0 aliphatic rings. The molecule has 0 amide bonds. The van der Waals surface area contributed by atoms with Crippen molar-refractivity contribution in [3.8, 4) is 5.75 Å². The number of Topliss-reactive ketones (excluding diaryl/α,β-unsaturated/α-hetero) is 1. The van der Waals surface area contributed by atoms with Gasteiger partial charge in [-0.15, -0.1) is 0 Å². The van der Waals surface area contributed by atoms with Crippen LogP contribution in [0.3, 0.4) is 0 Å². The Bertz CT molecular complexity index is 330. The highest BCUT2D eigenvalue weighted by atomic mass is 16.5. The van der Waals surface area contributed by atoms with Gasteiger partial charge in [0.15, 0.2) is 0 Å². The van der Waals surface area contributed by atoms with Crippen LogP contribution in [-0.2, 0) is 0 Å². The largest absolute Gasteiger partial charge is 0.508 e. The van der Waals surface area contributed by atoms with Crippen LogP contribution < -0.4 is 0 Å². The fourth-order valence-electron chi connectivity index (χ4n) is 0.958. The molecule has 4 heteroatoms. The lowest BCUT2D eigenvalue weighted by Crippen LogP contribution is -2.19. The second-order valence-electron chi connectivity index (χ2n) is 2.74. The van der Waals surface area contributed by atoms with Crippen LogP contribution in [0.4, 0.5) is 0 Å². The lowest BCUT2D eigenvalue weighted by atomic mass is 10.1. The van der Waals surface area contributed by atoms with E-state index < -0.39 is 12.1 Å². The van der Waals surface area contributed by atoms with Crippen molar-refractivity contribution < 1.29 is 20.1 Å². The molecular formula is C9H10O4. The maximum absolute atomic E-state index is 11.0. The van der Waals surface area contributed by atoms with Gasteiger partial charge < -0.3 is 15.3 Å². The molecule has 0 spiro atoms. The van der Waals surface area contributed by atoms with Crippen LogP contribution in [-0.4, -0.2) is 27.4 Å². The number of aryl methyl sites for hydroxylation is 1. The molecule has 0 aromatic heterocycles. The molecule has 0 bridgehead atoms. The van der Waals surface area contributed by atoms with E-state index in [2.05, 4.69) is 0 Å². The van der Waals surface area contributed by atoms with Crippen molar-refractivity contribution in [2.45, 2.75) is 13.2 Å². The standard InChI is InChI=1S/C9H10O4/c1-5-4-6(2-3-7(5)10)8(11)9(12)13/h2-4,9-10,12-13H,1H3. The van der Waals surface area contributed by atoms with Gasteiger partial charge in [-0.1, -0.05) is 0 Å². The summed E-state index contributed by atoms with van der Waals surface area (Å²) in [4.78, 5) is 11.0. The number of carbonyl (C=O) groups excluding carboxylic acids is 1. The van der Waals surface area contributed by atoms with Crippen molar-refractivity contribution >= 4 is 5.78 Å². The Hall–Kier alpha value is -1.39. The molecule has 4 nitrogen and oxygen atoms in total. The molecule has 0 atom stereocenters. The Morgan fingerprint density at radius 3 is 2.46 bits per heavy atom. The van der Waals surface area contributed by atoms with Crippen molar-refractivity contribution in [2.24, 2.45) is 0 Å². The summed E-state index contributed by atoms with van der Waals surface area (Å²) in [5.41, 5.74) is 0.691. The van der Waals surface area contributed by atoms with E-state index in [1.165, 1.54) is 18.2 Å². The lowest BCUT2D eigenvalue weighted by Gasteiger charge is -2.04. The minimum absolute atomic E-state index is 0.0731. The molecule has 1 aromatic rings. The fourth-order valence-corrected chi connectivity index (χ4v) is 0.958. The van der Waals surface area contributed by atoms with Gasteiger partial charge in [0.2, 0.25) is 12.1 Å². The normalized spacial score (nSPS) is 10.5. The van der Waals surface area contributed by atoms with E-state index in [9.17, 15) is 4.79 Å². The van der Waals surface area contributed by atoms with Crippen LogP contribution in [0.25, 0.3) is 0 Å². The van der Waals surface area contributed by atoms with Crippen molar-refractivity contribution in [3.05, 3.63) is 29.3 Å². The summed E-state index contributed by atoms with van der Waals surface area (Å²) in [7, 11) is 0. The Kier molecular flexibility index (Phi) is 2.65. The van der Waals surface area contributed by atoms with E-state index in [0.717, 1.165) is 0 Å². The van der Waals surface area contributed by atoms with E-state index in [1.54, 1.807) is 6.92 Å². The topological polar surface area (TPSA) is 77.8 Å². The molecule has 0 heterocycles. The minimum Gasteiger partial charge on any atom is -0.508 e. The number of phenolic OH excluding ortho intramolecular Hbond substituents is 1. The number of ketones is 1. The highest BCUT2D eigenvalue weighted by Gasteiger charge is 2.14. The van der Waals surface area contributed by atoms with E-state index in [-0.39, 0.29) is 11.3 Å². The van der Waals surface area contributed by atoms with Crippen molar-refractivity contribution in [3.63, 3.8) is 0 Å².